The summed E-state index contributed by atoms with van der Waals surface area (Å²) in [5.41, 5.74) is 7.19. The summed E-state index contributed by atoms with van der Waals surface area (Å²) in [4.78, 5) is 4.11. The van der Waals surface area contributed by atoms with Crippen LogP contribution >= 0.6 is 19.4 Å². The van der Waals surface area contributed by atoms with Gasteiger partial charge in [-0.15, -0.1) is 0 Å². The maximum Gasteiger partial charge on any atom is 0.530 e. The second-order valence-corrected chi connectivity index (χ2v) is 20.2. The Labute approximate surface area is 409 Å². The van der Waals surface area contributed by atoms with E-state index in [1.54, 1.807) is 67.8 Å². The van der Waals surface area contributed by atoms with Gasteiger partial charge in [0.1, 0.15) is 53.3 Å². The van der Waals surface area contributed by atoms with Gasteiger partial charge < -0.3 is 38.7 Å². The molecule has 1 saturated heterocycles. The fraction of sp³-hybridized carbons (Fsp3) is 0.627. The fourth-order valence-corrected chi connectivity index (χ4v) is 9.81. The third-order valence-electron chi connectivity index (χ3n) is 12.3. The normalized spacial score (nSPS) is 18.0. The summed E-state index contributed by atoms with van der Waals surface area (Å²) >= 11 is 6.52. The molecule has 0 amide bonds. The van der Waals surface area contributed by atoms with Crippen LogP contribution in [0.5, 0.6) is 11.5 Å². The molecule has 2 aromatic carbocycles. The number of phosphoric acid groups is 1. The highest BCUT2D eigenvalue weighted by atomic mass is 35.5. The van der Waals surface area contributed by atoms with E-state index in [0.717, 1.165) is 24.8 Å². The van der Waals surface area contributed by atoms with Crippen LogP contribution < -0.4 is 15.0 Å². The third kappa shape index (κ3) is 17.0. The number of unbranched alkanes of at least 4 members (excludes halogenated alkanes) is 15. The Hall–Kier alpha value is -3.81. The summed E-state index contributed by atoms with van der Waals surface area (Å²) in [6.45, 7) is 7.78. The molecule has 0 radical (unpaired) electrons. The molecule has 15 nitrogen and oxygen atoms in total. The maximum atomic E-state index is 14.9. The van der Waals surface area contributed by atoms with Gasteiger partial charge in [0.15, 0.2) is 11.6 Å². The van der Waals surface area contributed by atoms with E-state index < -0.39 is 37.5 Å². The number of halogens is 1. The van der Waals surface area contributed by atoms with Crippen molar-refractivity contribution in [2.45, 2.75) is 167 Å². The van der Waals surface area contributed by atoms with E-state index in [0.29, 0.717) is 34.9 Å². The highest BCUT2D eigenvalue weighted by Gasteiger charge is 2.54. The SMILES string of the molecule is CCCCCCCCCCCCCCCCCCOC[C@H](COP(=O)(OC[C@@](C)(OC)[C@H]1OC(C)(C)O[C@H]1c1ccc2c(N)ncnn12)Oc1ccccc1Cl)OCc1ccc(OC)c(C#N)c1. The van der Waals surface area contributed by atoms with Crippen LogP contribution in [-0.2, 0) is 43.9 Å². The molecule has 5 atom stereocenters. The second kappa shape index (κ2) is 28.1. The molecule has 2 N–H and O–H groups in total. The number of nitrogens with two attached hydrogens (primary N) is 1. The van der Waals surface area contributed by atoms with Crippen LogP contribution in [0, 0.1) is 11.3 Å². The van der Waals surface area contributed by atoms with Gasteiger partial charge in [0.25, 0.3) is 0 Å². The topological polar surface area (TPSA) is 180 Å². The lowest BCUT2D eigenvalue weighted by Gasteiger charge is -2.36. The van der Waals surface area contributed by atoms with Crippen molar-refractivity contribution >= 4 is 30.8 Å². The summed E-state index contributed by atoms with van der Waals surface area (Å²) in [6.07, 6.45) is 19.6. The number of benzene rings is 2. The summed E-state index contributed by atoms with van der Waals surface area (Å²) in [5.74, 6) is -0.202. The Kier molecular flexibility index (Phi) is 22.8. The first kappa shape index (κ1) is 55.1. The number of anilines is 1. The van der Waals surface area contributed by atoms with E-state index in [2.05, 4.69) is 23.1 Å². The Morgan fingerprint density at radius 3 is 2.18 bits per heavy atom. The van der Waals surface area contributed by atoms with Crippen LogP contribution in [0.3, 0.4) is 0 Å². The van der Waals surface area contributed by atoms with Crippen molar-refractivity contribution in [3.8, 4) is 17.6 Å². The third-order valence-corrected chi connectivity index (χ3v) is 13.9. The highest BCUT2D eigenvalue weighted by Crippen LogP contribution is 2.53. The first-order valence-corrected chi connectivity index (χ1v) is 26.3. The van der Waals surface area contributed by atoms with Gasteiger partial charge in [0, 0.05) is 13.7 Å². The van der Waals surface area contributed by atoms with Gasteiger partial charge in [-0.25, -0.2) is 14.1 Å². The van der Waals surface area contributed by atoms with E-state index in [-0.39, 0.29) is 37.2 Å². The van der Waals surface area contributed by atoms with Crippen LogP contribution in [-0.4, -0.2) is 78.8 Å². The number of aromatic nitrogens is 3. The Bertz CT molecular complexity index is 2210. The van der Waals surface area contributed by atoms with Gasteiger partial charge in [-0.05, 0) is 69.2 Å². The van der Waals surface area contributed by atoms with Crippen molar-refractivity contribution in [3.63, 3.8) is 0 Å². The summed E-state index contributed by atoms with van der Waals surface area (Å²) < 4.78 is 71.8. The quantitative estimate of drug-likeness (QED) is 0.0345. The molecule has 1 aliphatic heterocycles. The molecule has 68 heavy (non-hydrogen) atoms. The first-order valence-electron chi connectivity index (χ1n) is 24.4. The van der Waals surface area contributed by atoms with Crippen molar-refractivity contribution < 1.29 is 46.6 Å². The molecule has 0 saturated carbocycles. The lowest BCUT2D eigenvalue weighted by atomic mass is 9.93. The Morgan fingerprint density at radius 1 is 0.882 bits per heavy atom. The Morgan fingerprint density at radius 2 is 1.54 bits per heavy atom. The fourth-order valence-electron chi connectivity index (χ4n) is 8.24. The zero-order valence-electron chi connectivity index (χ0n) is 41.1. The molecule has 4 aromatic rings. The lowest BCUT2D eigenvalue weighted by Crippen LogP contribution is -2.48. The number of hydrogen-bond acceptors (Lipinski definition) is 14. The van der Waals surface area contributed by atoms with E-state index in [4.69, 9.17) is 59.3 Å². The van der Waals surface area contributed by atoms with Gasteiger partial charge in [-0.2, -0.15) is 10.4 Å². The number of ether oxygens (including phenoxy) is 6. The number of rotatable bonds is 34. The number of nitrogens with zero attached hydrogens (tertiary/aromatic N) is 4. The lowest BCUT2D eigenvalue weighted by molar-refractivity contribution is -0.180. The minimum Gasteiger partial charge on any atom is -0.495 e. The first-order chi connectivity index (χ1) is 32.8. The van der Waals surface area contributed by atoms with Gasteiger partial charge in [-0.3, -0.25) is 9.05 Å². The van der Waals surface area contributed by atoms with E-state index in [1.165, 1.54) is 104 Å². The summed E-state index contributed by atoms with van der Waals surface area (Å²) in [5, 5.41) is 14.3. The molecule has 1 fully saturated rings. The number of fused-ring (bicyclic) bond motifs is 1. The molecule has 376 valence electrons. The van der Waals surface area contributed by atoms with E-state index in [9.17, 15) is 9.83 Å². The average Bonchev–Trinajstić information content (AvgIpc) is 3.92. The van der Waals surface area contributed by atoms with E-state index in [1.807, 2.05) is 12.1 Å². The Balaban J connectivity index is 1.21. The molecule has 1 aliphatic rings. The molecule has 0 aliphatic carbocycles. The molecule has 5 rings (SSSR count). The van der Waals surface area contributed by atoms with Gasteiger partial charge in [0.05, 0.1) is 49.8 Å². The molecular weight excluding hydrogens is 909 g/mol. The van der Waals surface area contributed by atoms with Crippen LogP contribution in [0.15, 0.2) is 60.9 Å². The van der Waals surface area contributed by atoms with E-state index >= 15 is 0 Å². The highest BCUT2D eigenvalue weighted by molar-refractivity contribution is 7.49. The summed E-state index contributed by atoms with van der Waals surface area (Å²) in [6, 6.07) is 17.6. The van der Waals surface area contributed by atoms with Crippen molar-refractivity contribution in [1.29, 1.82) is 5.26 Å². The van der Waals surface area contributed by atoms with Crippen molar-refractivity contribution in [3.05, 3.63) is 82.8 Å². The van der Waals surface area contributed by atoms with Gasteiger partial charge >= 0.3 is 7.82 Å². The molecule has 2 aromatic heterocycles. The monoisotopic (exact) mass is 983 g/mol. The largest absolute Gasteiger partial charge is 0.530 e. The maximum absolute atomic E-state index is 14.9. The standard InChI is InChI=1S/C51H75ClN5O10P/c1-7-8-9-10-11-12-13-14-15-16-17-18-19-20-21-24-31-61-35-41(62-34-39-27-30-45(59-5)40(32-39)33-53)36-63-68(58,67-46-26-23-22-25-42(46)52)64-37-51(4,60-6)48-47(65-50(2,3)66-48)43-28-29-44-49(54)55-38-56-57(43)44/h22-23,25-30,32,38,41,47-48H,7-21,24,31,34-37H2,1-6H3,(H2,54,55,56)/t41-,47+,48+,51-,68?/m1/s1. The number of phosphoric ester groups is 1. The van der Waals surface area contributed by atoms with Crippen LogP contribution in [0.4, 0.5) is 5.82 Å². The zero-order valence-corrected chi connectivity index (χ0v) is 42.8. The number of nitriles is 1. The second-order valence-electron chi connectivity index (χ2n) is 18.2. The molecule has 1 unspecified atom stereocenters. The molecule has 3 heterocycles. The molecule has 17 heteroatoms. The minimum absolute atomic E-state index is 0.0903. The summed E-state index contributed by atoms with van der Waals surface area (Å²) in [7, 11) is -1.51. The number of para-hydroxylation sites is 1. The van der Waals surface area contributed by atoms with Gasteiger partial charge in [0.2, 0.25) is 0 Å². The van der Waals surface area contributed by atoms with Crippen LogP contribution in [0.25, 0.3) is 5.52 Å². The average molecular weight is 985 g/mol. The molecule has 0 spiro atoms. The smallest absolute Gasteiger partial charge is 0.495 e. The predicted molar refractivity (Wildman–Crippen MR) is 264 cm³/mol. The van der Waals surface area contributed by atoms with Crippen molar-refractivity contribution in [2.24, 2.45) is 0 Å². The number of methoxy groups -OCH3 is 2. The number of nitrogen functional groups attached to an aromatic ring is 1. The minimum atomic E-state index is -4.53. The van der Waals surface area contributed by atoms with Crippen LogP contribution in [0.2, 0.25) is 5.02 Å². The zero-order chi connectivity index (χ0) is 48.8. The molecule has 0 bridgehead atoms. The number of hydrogen-bond donors (Lipinski definition) is 1. The molecular formula is C51H75ClN5O10P. The predicted octanol–water partition coefficient (Wildman–Crippen LogP) is 12.5. The van der Waals surface area contributed by atoms with Crippen molar-refractivity contribution in [1.82, 2.24) is 14.6 Å². The van der Waals surface area contributed by atoms with Crippen molar-refractivity contribution in [2.75, 3.05) is 46.4 Å². The van der Waals surface area contributed by atoms with Crippen LogP contribution in [0.1, 0.15) is 153 Å². The van der Waals surface area contributed by atoms with Gasteiger partial charge in [-0.1, -0.05) is 133 Å².